The van der Waals surface area contributed by atoms with Crippen LogP contribution in [0.25, 0.3) is 0 Å². The third kappa shape index (κ3) is 4.37. The van der Waals surface area contributed by atoms with Crippen molar-refractivity contribution in [2.24, 2.45) is 0 Å². The highest BCUT2D eigenvalue weighted by molar-refractivity contribution is 7.92. The fraction of sp³-hybridized carbons (Fsp3) is 0.471. The van der Waals surface area contributed by atoms with Gasteiger partial charge in [-0.2, -0.15) is 0 Å². The van der Waals surface area contributed by atoms with Crippen molar-refractivity contribution >= 4 is 27.7 Å². The number of nitrogens with one attached hydrogen (secondary N) is 1. The van der Waals surface area contributed by atoms with Gasteiger partial charge in [0, 0.05) is 30.9 Å². The van der Waals surface area contributed by atoms with Crippen LogP contribution in [0.4, 0.5) is 10.6 Å². The van der Waals surface area contributed by atoms with Gasteiger partial charge < -0.3 is 4.74 Å². The Hall–Kier alpha value is -2.64. The molecule has 1 aromatic rings. The SMILES string of the molecule is CCC#Cc1ccc(N2C[C@H](C[C@](C)(C(=O)NO)S(C)(=O)=O)OC2=O)nc1. The van der Waals surface area contributed by atoms with Crippen LogP contribution in [0.1, 0.15) is 32.3 Å². The number of amides is 2. The van der Waals surface area contributed by atoms with Crippen LogP contribution in [-0.4, -0.2) is 54.3 Å². The summed E-state index contributed by atoms with van der Waals surface area (Å²) in [6, 6.07) is 3.32. The summed E-state index contributed by atoms with van der Waals surface area (Å²) in [6.07, 6.45) is 1.26. The van der Waals surface area contributed by atoms with E-state index in [1.165, 1.54) is 23.5 Å². The molecule has 0 spiro atoms. The highest BCUT2D eigenvalue weighted by Crippen LogP contribution is 2.29. The zero-order valence-electron chi connectivity index (χ0n) is 15.2. The summed E-state index contributed by atoms with van der Waals surface area (Å²) in [4.78, 5) is 29.5. The maximum absolute atomic E-state index is 12.2. The molecule has 0 radical (unpaired) electrons. The number of pyridine rings is 1. The first-order valence-corrected chi connectivity index (χ1v) is 10.1. The number of hydroxylamine groups is 1. The first-order valence-electron chi connectivity index (χ1n) is 8.19. The molecule has 2 amide bonds. The molecule has 0 unspecified atom stereocenters. The van der Waals surface area contributed by atoms with Crippen LogP contribution in [-0.2, 0) is 19.4 Å². The Balaban J connectivity index is 2.18. The Morgan fingerprint density at radius 2 is 2.22 bits per heavy atom. The van der Waals surface area contributed by atoms with E-state index in [0.29, 0.717) is 17.8 Å². The molecular formula is C17H21N3O6S. The van der Waals surface area contributed by atoms with Gasteiger partial charge in [-0.1, -0.05) is 18.8 Å². The first-order chi connectivity index (χ1) is 12.6. The quantitative estimate of drug-likeness (QED) is 0.430. The number of ether oxygens (including phenoxy) is 1. The molecule has 1 aliphatic heterocycles. The number of aromatic nitrogens is 1. The molecule has 1 fully saturated rings. The maximum atomic E-state index is 12.2. The average molecular weight is 395 g/mol. The van der Waals surface area contributed by atoms with Crippen LogP contribution < -0.4 is 10.4 Å². The standard InChI is InChI=1S/C17H21N3O6S/c1-4-5-6-12-7-8-14(18-10-12)20-11-13(26-16(20)22)9-17(2,15(21)19-23)27(3,24)25/h7-8,10,13,23H,4,9,11H2,1-3H3,(H,19,21)/t13-,17+/m0/s1. The number of cyclic esters (lactones) is 1. The topological polar surface area (TPSA) is 126 Å². The van der Waals surface area contributed by atoms with E-state index in [-0.39, 0.29) is 13.0 Å². The number of nitrogens with zero attached hydrogens (tertiary/aromatic N) is 2. The number of anilines is 1. The summed E-state index contributed by atoms with van der Waals surface area (Å²) in [6.45, 7) is 3.12. The number of carbonyl (C=O) groups excluding carboxylic acids is 2. The van der Waals surface area contributed by atoms with Crippen LogP contribution >= 0.6 is 0 Å². The maximum Gasteiger partial charge on any atom is 0.415 e. The van der Waals surface area contributed by atoms with Crippen molar-refractivity contribution in [3.63, 3.8) is 0 Å². The number of hydrogen-bond acceptors (Lipinski definition) is 7. The molecule has 2 N–H and O–H groups in total. The second kappa shape index (κ2) is 7.94. The van der Waals surface area contributed by atoms with Gasteiger partial charge in [-0.05, 0) is 19.1 Å². The van der Waals surface area contributed by atoms with Gasteiger partial charge in [0.2, 0.25) is 0 Å². The van der Waals surface area contributed by atoms with E-state index in [4.69, 9.17) is 9.94 Å². The predicted molar refractivity (Wildman–Crippen MR) is 96.8 cm³/mol. The lowest BCUT2D eigenvalue weighted by atomic mass is 10.0. The Bertz CT molecular complexity index is 887. The molecule has 9 nitrogen and oxygen atoms in total. The molecule has 146 valence electrons. The number of carbonyl (C=O) groups is 2. The van der Waals surface area contributed by atoms with Crippen molar-refractivity contribution in [2.45, 2.75) is 37.5 Å². The predicted octanol–water partition coefficient (Wildman–Crippen LogP) is 0.867. The molecular weight excluding hydrogens is 374 g/mol. The molecule has 0 aromatic carbocycles. The van der Waals surface area contributed by atoms with Crippen molar-refractivity contribution in [3.05, 3.63) is 23.9 Å². The minimum absolute atomic E-state index is 0.0234. The van der Waals surface area contributed by atoms with Gasteiger partial charge in [0.05, 0.1) is 6.54 Å². The van der Waals surface area contributed by atoms with Crippen LogP contribution in [0.2, 0.25) is 0 Å². The van der Waals surface area contributed by atoms with E-state index in [1.807, 2.05) is 6.92 Å². The average Bonchev–Trinajstić information content (AvgIpc) is 2.98. The Kier molecular flexibility index (Phi) is 6.08. The minimum Gasteiger partial charge on any atom is -0.444 e. The lowest BCUT2D eigenvalue weighted by Gasteiger charge is -2.26. The van der Waals surface area contributed by atoms with Crippen molar-refractivity contribution in [2.75, 3.05) is 17.7 Å². The molecule has 27 heavy (non-hydrogen) atoms. The van der Waals surface area contributed by atoms with E-state index in [0.717, 1.165) is 6.26 Å². The molecule has 10 heteroatoms. The fourth-order valence-electron chi connectivity index (χ4n) is 2.59. The van der Waals surface area contributed by atoms with Gasteiger partial charge in [-0.15, -0.1) is 0 Å². The summed E-state index contributed by atoms with van der Waals surface area (Å²) in [5.41, 5.74) is 2.07. The molecule has 2 rings (SSSR count). The first kappa shape index (κ1) is 20.7. The monoisotopic (exact) mass is 395 g/mol. The fourth-order valence-corrected chi connectivity index (χ4v) is 3.46. The van der Waals surface area contributed by atoms with Gasteiger partial charge >= 0.3 is 6.09 Å². The lowest BCUT2D eigenvalue weighted by Crippen LogP contribution is -2.51. The van der Waals surface area contributed by atoms with Gasteiger partial charge in [0.15, 0.2) is 14.6 Å². The molecule has 2 heterocycles. The Morgan fingerprint density at radius 3 is 2.74 bits per heavy atom. The Labute approximate surface area is 157 Å². The summed E-state index contributed by atoms with van der Waals surface area (Å²) >= 11 is 0. The van der Waals surface area contributed by atoms with E-state index in [2.05, 4.69) is 16.8 Å². The smallest absolute Gasteiger partial charge is 0.415 e. The molecule has 0 saturated carbocycles. The number of sulfone groups is 1. The van der Waals surface area contributed by atoms with Gasteiger partial charge in [-0.25, -0.2) is 23.7 Å². The largest absolute Gasteiger partial charge is 0.444 e. The van der Waals surface area contributed by atoms with E-state index >= 15 is 0 Å². The van der Waals surface area contributed by atoms with Gasteiger partial charge in [0.1, 0.15) is 11.9 Å². The lowest BCUT2D eigenvalue weighted by molar-refractivity contribution is -0.132. The van der Waals surface area contributed by atoms with Crippen LogP contribution in [0.3, 0.4) is 0 Å². The number of rotatable bonds is 5. The highest BCUT2D eigenvalue weighted by Gasteiger charge is 2.48. The third-order valence-electron chi connectivity index (χ3n) is 4.33. The highest BCUT2D eigenvalue weighted by atomic mass is 32.2. The van der Waals surface area contributed by atoms with E-state index in [1.54, 1.807) is 12.1 Å². The second-order valence-corrected chi connectivity index (χ2v) is 8.77. The molecule has 1 aliphatic rings. The molecule has 0 aliphatic carbocycles. The van der Waals surface area contributed by atoms with E-state index < -0.39 is 32.7 Å². The van der Waals surface area contributed by atoms with Gasteiger partial charge in [-0.3, -0.25) is 14.9 Å². The minimum atomic E-state index is -3.89. The zero-order chi connectivity index (χ0) is 20.2. The molecule has 2 atom stereocenters. The van der Waals surface area contributed by atoms with Crippen molar-refractivity contribution < 1.29 is 28.0 Å². The zero-order valence-corrected chi connectivity index (χ0v) is 16.0. The van der Waals surface area contributed by atoms with Crippen LogP contribution in [0, 0.1) is 11.8 Å². The molecule has 1 aromatic heterocycles. The summed E-state index contributed by atoms with van der Waals surface area (Å²) in [7, 11) is -3.89. The van der Waals surface area contributed by atoms with Crippen LogP contribution in [0.15, 0.2) is 18.3 Å². The normalized spacial score (nSPS) is 18.9. The molecule has 1 saturated heterocycles. The Morgan fingerprint density at radius 1 is 1.52 bits per heavy atom. The summed E-state index contributed by atoms with van der Waals surface area (Å²) < 4.78 is 27.3. The van der Waals surface area contributed by atoms with E-state index in [9.17, 15) is 18.0 Å². The summed E-state index contributed by atoms with van der Waals surface area (Å²) in [5.74, 6) is 5.08. The molecule has 0 bridgehead atoms. The van der Waals surface area contributed by atoms with Crippen molar-refractivity contribution in [1.29, 1.82) is 0 Å². The van der Waals surface area contributed by atoms with Gasteiger partial charge in [0.25, 0.3) is 5.91 Å². The van der Waals surface area contributed by atoms with Crippen LogP contribution in [0.5, 0.6) is 0 Å². The second-order valence-electron chi connectivity index (χ2n) is 6.32. The van der Waals surface area contributed by atoms with Crippen molar-refractivity contribution in [3.8, 4) is 11.8 Å². The third-order valence-corrected chi connectivity index (χ3v) is 6.31. The number of hydrogen-bond donors (Lipinski definition) is 2. The summed E-state index contributed by atoms with van der Waals surface area (Å²) in [5, 5.41) is 8.87. The van der Waals surface area contributed by atoms with Crippen molar-refractivity contribution in [1.82, 2.24) is 10.5 Å².